The molecular weight excluding hydrogens is 502 g/mol. The molecule has 1 fully saturated rings. The van der Waals surface area contributed by atoms with Gasteiger partial charge in [0.05, 0.1) is 11.9 Å². The van der Waals surface area contributed by atoms with Crippen molar-refractivity contribution in [1.82, 2.24) is 20.9 Å². The Morgan fingerprint density at radius 1 is 1.11 bits per heavy atom. The minimum absolute atomic E-state index is 0.0803. The van der Waals surface area contributed by atoms with Crippen molar-refractivity contribution in [3.8, 4) is 0 Å². The number of hydrogen-bond acceptors (Lipinski definition) is 5. The van der Waals surface area contributed by atoms with E-state index in [1.165, 1.54) is 29.7 Å². The molecule has 2 aromatic rings. The fourth-order valence-electron chi connectivity index (χ4n) is 4.06. The van der Waals surface area contributed by atoms with Crippen LogP contribution in [0.25, 0.3) is 0 Å². The summed E-state index contributed by atoms with van der Waals surface area (Å²) in [5.74, 6) is -2.35. The highest BCUT2D eigenvalue weighted by Crippen LogP contribution is 2.39. The standard InChI is InChI=1S/C26H32F2N4O4S/c1-15-7-5-6-8-17(15)12-29-23(34)22-26(3,4)37-14-32(22)24(35)21(33)16(2)31-25(36)30-13-18-9-10-19(27)11-20(18)28/h5-11,16,21-22,33H,12-14H2,1-4H3,(H,29,34)(H2,30,31,36). The second-order valence-corrected chi connectivity index (χ2v) is 11.1. The number of thioether (sulfide) groups is 1. The average molecular weight is 535 g/mol. The molecule has 0 spiro atoms. The van der Waals surface area contributed by atoms with Gasteiger partial charge in [-0.15, -0.1) is 11.8 Å². The van der Waals surface area contributed by atoms with Gasteiger partial charge in [0, 0.05) is 29.5 Å². The Morgan fingerprint density at radius 2 is 1.78 bits per heavy atom. The summed E-state index contributed by atoms with van der Waals surface area (Å²) in [5, 5.41) is 18.5. The number of urea groups is 1. The minimum Gasteiger partial charge on any atom is -0.381 e. The topological polar surface area (TPSA) is 111 Å². The number of rotatable bonds is 8. The average Bonchev–Trinajstić information content (AvgIpc) is 3.16. The van der Waals surface area contributed by atoms with Crippen LogP contribution >= 0.6 is 11.8 Å². The van der Waals surface area contributed by atoms with Crippen molar-refractivity contribution in [3.05, 3.63) is 70.8 Å². The van der Waals surface area contributed by atoms with Gasteiger partial charge in [-0.2, -0.15) is 0 Å². The van der Waals surface area contributed by atoms with Crippen molar-refractivity contribution in [3.63, 3.8) is 0 Å². The van der Waals surface area contributed by atoms with Crippen LogP contribution in [0.1, 0.15) is 37.5 Å². The van der Waals surface area contributed by atoms with Crippen LogP contribution < -0.4 is 16.0 Å². The molecule has 3 unspecified atom stereocenters. The van der Waals surface area contributed by atoms with Gasteiger partial charge in [-0.1, -0.05) is 30.3 Å². The van der Waals surface area contributed by atoms with E-state index >= 15 is 0 Å². The zero-order valence-electron chi connectivity index (χ0n) is 21.2. The summed E-state index contributed by atoms with van der Waals surface area (Å²) in [4.78, 5) is 39.9. The third-order valence-electron chi connectivity index (χ3n) is 6.33. The first kappa shape index (κ1) is 28.4. The smallest absolute Gasteiger partial charge is 0.315 e. The summed E-state index contributed by atoms with van der Waals surface area (Å²) in [7, 11) is 0. The Kier molecular flexibility index (Phi) is 9.14. The minimum atomic E-state index is -1.62. The molecule has 37 heavy (non-hydrogen) atoms. The second kappa shape index (κ2) is 11.9. The van der Waals surface area contributed by atoms with Crippen molar-refractivity contribution in [2.24, 2.45) is 0 Å². The summed E-state index contributed by atoms with van der Waals surface area (Å²) in [5.41, 5.74) is 2.07. The highest BCUT2D eigenvalue weighted by atomic mass is 32.2. The molecule has 0 saturated carbocycles. The van der Waals surface area contributed by atoms with E-state index in [1.54, 1.807) is 0 Å². The first-order valence-corrected chi connectivity index (χ1v) is 12.8. The number of carbonyl (C=O) groups excluding carboxylic acids is 3. The van der Waals surface area contributed by atoms with E-state index in [1.807, 2.05) is 45.0 Å². The number of aliphatic hydroxyl groups is 1. The Bertz CT molecular complexity index is 1160. The Balaban J connectivity index is 1.59. The Labute approximate surface area is 219 Å². The highest BCUT2D eigenvalue weighted by molar-refractivity contribution is 8.00. The molecule has 1 aliphatic rings. The van der Waals surface area contributed by atoms with Gasteiger partial charge >= 0.3 is 6.03 Å². The number of nitrogens with zero attached hydrogens (tertiary/aromatic N) is 1. The van der Waals surface area contributed by atoms with E-state index in [2.05, 4.69) is 16.0 Å². The van der Waals surface area contributed by atoms with Crippen molar-refractivity contribution in [1.29, 1.82) is 0 Å². The van der Waals surface area contributed by atoms with Crippen molar-refractivity contribution in [2.45, 2.75) is 63.7 Å². The number of carbonyl (C=O) groups is 3. The zero-order valence-corrected chi connectivity index (χ0v) is 22.0. The van der Waals surface area contributed by atoms with Gasteiger partial charge < -0.3 is 26.0 Å². The number of halogens is 2. The lowest BCUT2D eigenvalue weighted by molar-refractivity contribution is -0.147. The van der Waals surface area contributed by atoms with Gasteiger partial charge in [-0.3, -0.25) is 9.59 Å². The van der Waals surface area contributed by atoms with E-state index in [0.29, 0.717) is 12.6 Å². The maximum Gasteiger partial charge on any atom is 0.315 e. The lowest BCUT2D eigenvalue weighted by Crippen LogP contribution is -2.58. The number of benzene rings is 2. The molecule has 4 N–H and O–H groups in total. The number of amides is 4. The van der Waals surface area contributed by atoms with E-state index in [0.717, 1.165) is 17.2 Å². The largest absolute Gasteiger partial charge is 0.381 e. The summed E-state index contributed by atoms with van der Waals surface area (Å²) >= 11 is 1.42. The number of hydrogen-bond donors (Lipinski definition) is 4. The monoisotopic (exact) mass is 534 g/mol. The van der Waals surface area contributed by atoms with Crippen LogP contribution in [0, 0.1) is 18.6 Å². The predicted octanol–water partition coefficient (Wildman–Crippen LogP) is 2.82. The molecule has 1 saturated heterocycles. The van der Waals surface area contributed by atoms with Crippen LogP contribution in [0.2, 0.25) is 0 Å². The predicted molar refractivity (Wildman–Crippen MR) is 137 cm³/mol. The molecule has 1 aliphatic heterocycles. The van der Waals surface area contributed by atoms with Crippen molar-refractivity contribution < 1.29 is 28.3 Å². The van der Waals surface area contributed by atoms with Crippen LogP contribution in [0.4, 0.5) is 13.6 Å². The van der Waals surface area contributed by atoms with Crippen LogP contribution in [0.5, 0.6) is 0 Å². The molecule has 0 radical (unpaired) electrons. The van der Waals surface area contributed by atoms with E-state index in [-0.39, 0.29) is 23.9 Å². The molecule has 4 amide bonds. The van der Waals surface area contributed by atoms with Gasteiger partial charge in [0.15, 0.2) is 6.10 Å². The van der Waals surface area contributed by atoms with Crippen LogP contribution in [0.15, 0.2) is 42.5 Å². The summed E-state index contributed by atoms with van der Waals surface area (Å²) in [6.07, 6.45) is -1.62. The maximum absolute atomic E-state index is 13.8. The lowest BCUT2D eigenvalue weighted by atomic mass is 9.99. The summed E-state index contributed by atoms with van der Waals surface area (Å²) in [6.45, 7) is 7.21. The first-order chi connectivity index (χ1) is 17.4. The van der Waals surface area contributed by atoms with Crippen LogP contribution in [0.3, 0.4) is 0 Å². The molecule has 0 aliphatic carbocycles. The molecule has 3 rings (SSSR count). The molecule has 0 aromatic heterocycles. The normalized spacial score (nSPS) is 18.1. The van der Waals surface area contributed by atoms with Gasteiger partial charge in [-0.05, 0) is 44.9 Å². The van der Waals surface area contributed by atoms with Gasteiger partial charge in [0.2, 0.25) is 5.91 Å². The van der Waals surface area contributed by atoms with E-state index < -0.39 is 46.5 Å². The molecule has 200 valence electrons. The molecular formula is C26H32F2N4O4S. The Morgan fingerprint density at radius 3 is 2.46 bits per heavy atom. The summed E-state index contributed by atoms with van der Waals surface area (Å²) in [6, 6.07) is 8.09. The summed E-state index contributed by atoms with van der Waals surface area (Å²) < 4.78 is 26.2. The van der Waals surface area contributed by atoms with Crippen molar-refractivity contribution >= 4 is 29.6 Å². The molecule has 1 heterocycles. The third-order valence-corrected chi connectivity index (χ3v) is 7.71. The first-order valence-electron chi connectivity index (χ1n) is 11.8. The number of aliphatic hydroxyl groups excluding tert-OH is 1. The molecule has 2 aromatic carbocycles. The second-order valence-electron chi connectivity index (χ2n) is 9.53. The zero-order chi connectivity index (χ0) is 27.3. The number of nitrogens with one attached hydrogen (secondary N) is 3. The quantitative estimate of drug-likeness (QED) is 0.416. The molecule has 11 heteroatoms. The van der Waals surface area contributed by atoms with Gasteiger partial charge in [0.25, 0.3) is 5.91 Å². The fourth-order valence-corrected chi connectivity index (χ4v) is 5.20. The van der Waals surface area contributed by atoms with E-state index in [4.69, 9.17) is 0 Å². The highest BCUT2D eigenvalue weighted by Gasteiger charge is 2.49. The van der Waals surface area contributed by atoms with Crippen LogP contribution in [-0.2, 0) is 22.7 Å². The van der Waals surface area contributed by atoms with Crippen molar-refractivity contribution in [2.75, 3.05) is 5.88 Å². The molecule has 3 atom stereocenters. The van der Waals surface area contributed by atoms with Gasteiger partial charge in [-0.25, -0.2) is 13.6 Å². The molecule has 8 nitrogen and oxygen atoms in total. The fraction of sp³-hybridized carbons (Fsp3) is 0.423. The SMILES string of the molecule is Cc1ccccc1CNC(=O)C1N(C(=O)C(O)C(C)NC(=O)NCc2ccc(F)cc2F)CSC1(C)C. The van der Waals surface area contributed by atoms with Crippen LogP contribution in [-0.4, -0.2) is 56.7 Å². The molecule has 0 bridgehead atoms. The van der Waals surface area contributed by atoms with Gasteiger partial charge in [0.1, 0.15) is 17.7 Å². The third kappa shape index (κ3) is 6.98. The lowest BCUT2D eigenvalue weighted by Gasteiger charge is -2.32. The Hall–Kier alpha value is -3.18. The maximum atomic E-state index is 13.8. The van der Waals surface area contributed by atoms with E-state index in [9.17, 15) is 28.3 Å². The number of aryl methyl sites for hydroxylation is 1.